The predicted octanol–water partition coefficient (Wildman–Crippen LogP) is 3.28. The van der Waals surface area contributed by atoms with Crippen LogP contribution in [0.2, 0.25) is 0 Å². The van der Waals surface area contributed by atoms with Crippen LogP contribution in [0.1, 0.15) is 27.0 Å². The van der Waals surface area contributed by atoms with E-state index < -0.39 is 11.8 Å². The molecule has 0 saturated carbocycles. The van der Waals surface area contributed by atoms with Crippen molar-refractivity contribution in [2.75, 3.05) is 36.4 Å². The van der Waals surface area contributed by atoms with Gasteiger partial charge < -0.3 is 15.1 Å². The van der Waals surface area contributed by atoms with Crippen LogP contribution in [0.4, 0.5) is 11.4 Å². The van der Waals surface area contributed by atoms with Crippen LogP contribution < -0.4 is 15.1 Å². The van der Waals surface area contributed by atoms with Crippen molar-refractivity contribution in [3.05, 3.63) is 106 Å². The van der Waals surface area contributed by atoms with Crippen molar-refractivity contribution in [1.82, 2.24) is 4.90 Å². The molecule has 0 bridgehead atoms. The topological polar surface area (TPSA) is 74.2 Å². The smallest absolute Gasteiger partial charge is 0.283 e. The lowest BCUT2D eigenvalue weighted by Gasteiger charge is -2.32. The van der Waals surface area contributed by atoms with E-state index in [0.717, 1.165) is 35.7 Å². The number of quaternary nitrogens is 1. The molecule has 2 heterocycles. The molecular weight excluding hydrogens is 500 g/mol. The van der Waals surface area contributed by atoms with E-state index >= 15 is 0 Å². The van der Waals surface area contributed by atoms with Crippen LogP contribution in [0.3, 0.4) is 0 Å². The molecule has 0 spiro atoms. The van der Waals surface area contributed by atoms with Gasteiger partial charge in [0.2, 0.25) is 0 Å². The molecular formula is C30H30ClN4O3+. The van der Waals surface area contributed by atoms with Gasteiger partial charge in [-0.15, -0.1) is 0 Å². The Morgan fingerprint density at radius 3 is 2.29 bits per heavy atom. The van der Waals surface area contributed by atoms with Crippen LogP contribution in [0.5, 0.6) is 0 Å². The number of rotatable bonds is 6. The van der Waals surface area contributed by atoms with Crippen molar-refractivity contribution in [3.8, 4) is 0 Å². The van der Waals surface area contributed by atoms with Gasteiger partial charge >= 0.3 is 0 Å². The third-order valence-corrected chi connectivity index (χ3v) is 7.44. The Morgan fingerprint density at radius 1 is 0.921 bits per heavy atom. The van der Waals surface area contributed by atoms with Crippen molar-refractivity contribution in [2.45, 2.75) is 20.4 Å². The van der Waals surface area contributed by atoms with E-state index in [1.165, 1.54) is 10.5 Å². The Kier molecular flexibility index (Phi) is 7.31. The van der Waals surface area contributed by atoms with E-state index in [1.807, 2.05) is 36.9 Å². The second-order valence-corrected chi connectivity index (χ2v) is 10.2. The highest BCUT2D eigenvalue weighted by atomic mass is 35.5. The average molecular weight is 530 g/mol. The zero-order valence-corrected chi connectivity index (χ0v) is 22.2. The minimum Gasteiger partial charge on any atom is -0.350 e. The molecule has 1 fully saturated rings. The Hall–Kier alpha value is -3.94. The van der Waals surface area contributed by atoms with Gasteiger partial charge in [-0.2, -0.15) is 0 Å². The van der Waals surface area contributed by atoms with Gasteiger partial charge in [-0.05, 0) is 55.3 Å². The minimum absolute atomic E-state index is 0.0132. The van der Waals surface area contributed by atoms with E-state index in [9.17, 15) is 14.4 Å². The second-order valence-electron chi connectivity index (χ2n) is 9.83. The molecule has 0 radical (unpaired) electrons. The van der Waals surface area contributed by atoms with Crippen molar-refractivity contribution < 1.29 is 19.3 Å². The van der Waals surface area contributed by atoms with Gasteiger partial charge in [-0.3, -0.25) is 14.4 Å². The molecule has 3 amide bonds. The van der Waals surface area contributed by atoms with E-state index in [0.29, 0.717) is 30.0 Å². The number of carbonyl (C=O) groups excluding carboxylic acids is 3. The number of nitrogens with zero attached hydrogens (tertiary/aromatic N) is 2. The predicted molar refractivity (Wildman–Crippen MR) is 148 cm³/mol. The number of amides is 3. The summed E-state index contributed by atoms with van der Waals surface area (Å²) in [5.74, 6) is -1.08. The first-order valence-corrected chi connectivity index (χ1v) is 13.1. The molecule has 2 N–H and O–H groups in total. The quantitative estimate of drug-likeness (QED) is 0.481. The Morgan fingerprint density at radius 2 is 1.61 bits per heavy atom. The SMILES string of the molecule is Cc1ccc(C)c(N2C(=O)C(Cl)=C(Nc3ccc(C(=O)N4CC[NH+](Cc5ccccc5)CC4)cc3)C2=O)c1. The van der Waals surface area contributed by atoms with E-state index in [4.69, 9.17) is 11.6 Å². The molecule has 2 aliphatic rings. The average Bonchev–Trinajstić information content (AvgIpc) is 3.14. The molecule has 0 aromatic heterocycles. The normalized spacial score (nSPS) is 16.4. The third-order valence-electron chi connectivity index (χ3n) is 7.09. The maximum atomic E-state index is 13.2. The summed E-state index contributed by atoms with van der Waals surface area (Å²) in [5.41, 5.74) is 4.72. The molecule has 3 aromatic carbocycles. The van der Waals surface area contributed by atoms with Gasteiger partial charge in [0.05, 0.1) is 31.9 Å². The summed E-state index contributed by atoms with van der Waals surface area (Å²) in [5, 5.41) is 2.83. The first-order chi connectivity index (χ1) is 18.3. The fraction of sp³-hybridized carbons (Fsp3) is 0.233. The van der Waals surface area contributed by atoms with E-state index in [-0.39, 0.29) is 16.6 Å². The largest absolute Gasteiger partial charge is 0.350 e. The van der Waals surface area contributed by atoms with Crippen LogP contribution in [-0.4, -0.2) is 48.8 Å². The van der Waals surface area contributed by atoms with Crippen molar-refractivity contribution in [1.29, 1.82) is 0 Å². The maximum absolute atomic E-state index is 13.2. The summed E-state index contributed by atoms with van der Waals surface area (Å²) in [6, 6.07) is 22.9. The molecule has 194 valence electrons. The number of piperazine rings is 1. The number of hydrogen-bond donors (Lipinski definition) is 2. The number of benzene rings is 3. The van der Waals surface area contributed by atoms with Crippen molar-refractivity contribution in [2.24, 2.45) is 0 Å². The molecule has 2 aliphatic heterocycles. The summed E-state index contributed by atoms with van der Waals surface area (Å²) in [4.78, 5) is 43.5. The first kappa shape index (κ1) is 25.7. The highest BCUT2D eigenvalue weighted by Crippen LogP contribution is 2.32. The summed E-state index contributed by atoms with van der Waals surface area (Å²) >= 11 is 6.30. The fourth-order valence-electron chi connectivity index (χ4n) is 4.90. The summed E-state index contributed by atoms with van der Waals surface area (Å²) < 4.78 is 0. The number of nitrogens with one attached hydrogen (secondary N) is 2. The number of imide groups is 1. The maximum Gasteiger partial charge on any atom is 0.283 e. The standard InChI is InChI=1S/C30H29ClN4O3/c1-20-8-9-21(2)25(18-20)35-29(37)26(31)27(30(35)38)32-24-12-10-23(11-13-24)28(36)34-16-14-33(15-17-34)19-22-6-4-3-5-7-22/h3-13,18,32H,14-17,19H2,1-2H3/p+1. The first-order valence-electron chi connectivity index (χ1n) is 12.7. The van der Waals surface area contributed by atoms with Crippen LogP contribution in [0, 0.1) is 13.8 Å². The summed E-state index contributed by atoms with van der Waals surface area (Å²) in [6.45, 7) is 7.91. The lowest BCUT2D eigenvalue weighted by molar-refractivity contribution is -0.917. The number of carbonyl (C=O) groups is 3. The van der Waals surface area contributed by atoms with Gasteiger partial charge in [0.15, 0.2) is 0 Å². The van der Waals surface area contributed by atoms with Gasteiger partial charge in [-0.25, -0.2) is 4.90 Å². The van der Waals surface area contributed by atoms with Crippen LogP contribution in [0.25, 0.3) is 0 Å². The lowest BCUT2D eigenvalue weighted by Crippen LogP contribution is -3.13. The highest BCUT2D eigenvalue weighted by molar-refractivity contribution is 6.53. The summed E-state index contributed by atoms with van der Waals surface area (Å²) in [6.07, 6.45) is 0. The van der Waals surface area contributed by atoms with Crippen LogP contribution >= 0.6 is 11.6 Å². The highest BCUT2D eigenvalue weighted by Gasteiger charge is 2.39. The van der Waals surface area contributed by atoms with E-state index in [1.54, 1.807) is 30.3 Å². The van der Waals surface area contributed by atoms with Gasteiger partial charge in [0.1, 0.15) is 17.3 Å². The zero-order valence-electron chi connectivity index (χ0n) is 21.5. The Bertz CT molecular complexity index is 1410. The molecule has 8 heteroatoms. The fourth-order valence-corrected chi connectivity index (χ4v) is 5.11. The summed E-state index contributed by atoms with van der Waals surface area (Å²) in [7, 11) is 0. The zero-order chi connectivity index (χ0) is 26.8. The lowest BCUT2D eigenvalue weighted by atomic mass is 10.1. The molecule has 7 nitrogen and oxygen atoms in total. The molecule has 3 aromatic rings. The monoisotopic (exact) mass is 529 g/mol. The van der Waals surface area contributed by atoms with E-state index in [2.05, 4.69) is 29.6 Å². The third kappa shape index (κ3) is 5.21. The van der Waals surface area contributed by atoms with Crippen molar-refractivity contribution >= 4 is 40.7 Å². The minimum atomic E-state index is -0.562. The number of hydrogen-bond acceptors (Lipinski definition) is 4. The van der Waals surface area contributed by atoms with Gasteiger partial charge in [0.25, 0.3) is 17.7 Å². The molecule has 1 saturated heterocycles. The Labute approximate surface area is 227 Å². The molecule has 0 aliphatic carbocycles. The van der Waals surface area contributed by atoms with Gasteiger partial charge in [-0.1, -0.05) is 54.1 Å². The number of halogens is 1. The Balaban J connectivity index is 1.21. The molecule has 0 unspecified atom stereocenters. The van der Waals surface area contributed by atoms with Crippen LogP contribution in [-0.2, 0) is 16.1 Å². The number of anilines is 2. The number of aryl methyl sites for hydroxylation is 2. The van der Waals surface area contributed by atoms with Crippen LogP contribution in [0.15, 0.2) is 83.5 Å². The second kappa shape index (κ2) is 10.8. The van der Waals surface area contributed by atoms with Gasteiger partial charge in [0, 0.05) is 16.8 Å². The molecule has 5 rings (SSSR count). The molecule has 0 atom stereocenters. The van der Waals surface area contributed by atoms with Crippen molar-refractivity contribution in [3.63, 3.8) is 0 Å². The molecule has 38 heavy (non-hydrogen) atoms.